The van der Waals surface area contributed by atoms with Gasteiger partial charge in [0.1, 0.15) is 29.5 Å². The maximum Gasteiger partial charge on any atom is 0.255 e. The summed E-state index contributed by atoms with van der Waals surface area (Å²) in [5.41, 5.74) is 3.02. The number of nitrogens with two attached hydrogens (primary N) is 1. The molecule has 0 bridgehead atoms. The third-order valence-electron chi connectivity index (χ3n) is 8.13. The van der Waals surface area contributed by atoms with E-state index in [1.807, 2.05) is 0 Å². The number of likely N-dealkylation sites (N-methyl/N-ethyl adjacent to an activating group) is 1. The number of aliphatic hydroxyl groups excluding tert-OH is 2. The van der Waals surface area contributed by atoms with Gasteiger partial charge >= 0.3 is 0 Å². The Hall–Kier alpha value is -3.48. The van der Waals surface area contributed by atoms with Crippen molar-refractivity contribution in [1.29, 1.82) is 0 Å². The fraction of sp³-hybridized carbons (Fsp3) is 0.519. The summed E-state index contributed by atoms with van der Waals surface area (Å²) < 4.78 is 13.0. The van der Waals surface area contributed by atoms with E-state index in [9.17, 15) is 39.2 Å². The van der Waals surface area contributed by atoms with Crippen molar-refractivity contribution in [1.82, 2.24) is 10.2 Å². The van der Waals surface area contributed by atoms with Crippen molar-refractivity contribution in [3.63, 3.8) is 0 Å². The van der Waals surface area contributed by atoms with Gasteiger partial charge in [-0.2, -0.15) is 0 Å². The third kappa shape index (κ3) is 4.17. The lowest BCUT2D eigenvalue weighted by atomic mass is 9.58. The SMILES string of the molecule is CC(CF)NCc1cc(N(C)C)c2c(c1O)C(=O)C1=C(O)[C@]3(O)C(=O)C(C(N)=O)=C(O)[C@@H](N(C)C)[C@@H]3C[C@@H]1C2. The lowest BCUT2D eigenvalue weighted by molar-refractivity contribution is -0.148. The Morgan fingerprint density at radius 2 is 1.87 bits per heavy atom. The lowest BCUT2D eigenvalue weighted by Crippen LogP contribution is -2.63. The number of Topliss-reactive ketones (excluding diaryl/α,β-unsaturated/α-hetero) is 2. The number of allylic oxidation sites excluding steroid dienone is 1. The van der Waals surface area contributed by atoms with E-state index in [0.29, 0.717) is 16.8 Å². The molecular weight excluding hydrogens is 511 g/mol. The molecule has 4 rings (SSSR count). The summed E-state index contributed by atoms with van der Waals surface area (Å²) >= 11 is 0. The molecule has 0 fully saturated rings. The number of nitrogens with zero attached hydrogens (tertiary/aromatic N) is 2. The molecule has 0 saturated heterocycles. The third-order valence-corrected chi connectivity index (χ3v) is 8.13. The van der Waals surface area contributed by atoms with Crippen LogP contribution in [0.4, 0.5) is 10.1 Å². The Labute approximate surface area is 225 Å². The van der Waals surface area contributed by atoms with Crippen LogP contribution in [0.2, 0.25) is 0 Å². The molecule has 7 N–H and O–H groups in total. The molecule has 0 saturated carbocycles. The molecule has 3 aliphatic rings. The first-order chi connectivity index (χ1) is 18.2. The number of halogens is 1. The van der Waals surface area contributed by atoms with Gasteiger partial charge in [-0.1, -0.05) is 0 Å². The largest absolute Gasteiger partial charge is 0.510 e. The zero-order valence-corrected chi connectivity index (χ0v) is 22.6. The number of primary amides is 1. The number of phenolic OH excluding ortho intramolecular Hbond substituents is 1. The summed E-state index contributed by atoms with van der Waals surface area (Å²) in [7, 11) is 6.71. The quantitative estimate of drug-likeness (QED) is 0.266. The Bertz CT molecular complexity index is 1320. The van der Waals surface area contributed by atoms with Crippen molar-refractivity contribution in [2.75, 3.05) is 39.8 Å². The molecule has 212 valence electrons. The van der Waals surface area contributed by atoms with Gasteiger partial charge in [0.25, 0.3) is 5.91 Å². The Kier molecular flexibility index (Phi) is 7.26. The summed E-state index contributed by atoms with van der Waals surface area (Å²) in [5.74, 6) is -6.95. The highest BCUT2D eigenvalue weighted by atomic mass is 19.1. The molecule has 5 atom stereocenters. The van der Waals surface area contributed by atoms with Crippen molar-refractivity contribution in [2.45, 2.75) is 44.0 Å². The Balaban J connectivity index is 1.93. The second-order valence-corrected chi connectivity index (χ2v) is 11.1. The normalized spacial score (nSPS) is 27.3. The van der Waals surface area contributed by atoms with E-state index >= 15 is 0 Å². The summed E-state index contributed by atoms with van der Waals surface area (Å²) in [5, 5.41) is 48.1. The minimum atomic E-state index is -2.69. The predicted octanol–water partition coefficient (Wildman–Crippen LogP) is 0.634. The van der Waals surface area contributed by atoms with E-state index in [4.69, 9.17) is 5.73 Å². The van der Waals surface area contributed by atoms with Crippen molar-refractivity contribution in [2.24, 2.45) is 17.6 Å². The van der Waals surface area contributed by atoms with Crippen LogP contribution >= 0.6 is 0 Å². The average Bonchev–Trinajstić information content (AvgIpc) is 2.84. The maximum absolute atomic E-state index is 14.0. The van der Waals surface area contributed by atoms with Crippen molar-refractivity contribution >= 4 is 23.2 Å². The van der Waals surface area contributed by atoms with E-state index in [1.54, 1.807) is 46.1 Å². The number of carbonyl (C=O) groups excluding carboxylic acids is 3. The van der Waals surface area contributed by atoms with Gasteiger partial charge in [-0.15, -0.1) is 0 Å². The molecule has 1 unspecified atom stereocenters. The molecule has 1 amide bonds. The first-order valence-electron chi connectivity index (χ1n) is 12.7. The summed E-state index contributed by atoms with van der Waals surface area (Å²) in [6, 6.07) is 0.168. The number of hydrogen-bond donors (Lipinski definition) is 6. The first kappa shape index (κ1) is 28.5. The molecule has 0 radical (unpaired) electrons. The second kappa shape index (κ2) is 9.92. The molecule has 1 aromatic rings. The minimum absolute atomic E-state index is 0.0106. The molecule has 0 aromatic heterocycles. The van der Waals surface area contributed by atoms with E-state index in [-0.39, 0.29) is 36.3 Å². The molecule has 3 aliphatic carbocycles. The average molecular weight is 547 g/mol. The number of nitrogens with one attached hydrogen (secondary N) is 1. The Morgan fingerprint density at radius 3 is 2.41 bits per heavy atom. The molecule has 1 aromatic carbocycles. The number of amides is 1. The van der Waals surface area contributed by atoms with E-state index in [2.05, 4.69) is 5.32 Å². The highest BCUT2D eigenvalue weighted by molar-refractivity contribution is 6.24. The van der Waals surface area contributed by atoms with Crippen molar-refractivity contribution < 1.29 is 39.2 Å². The van der Waals surface area contributed by atoms with Crippen LogP contribution in [0.5, 0.6) is 5.75 Å². The minimum Gasteiger partial charge on any atom is -0.510 e. The van der Waals surface area contributed by atoms with Crippen LogP contribution < -0.4 is 16.0 Å². The number of alkyl halides is 1. The zero-order chi connectivity index (χ0) is 29.1. The highest BCUT2D eigenvalue weighted by Crippen LogP contribution is 2.53. The van der Waals surface area contributed by atoms with E-state index in [0.717, 1.165) is 0 Å². The monoisotopic (exact) mass is 546 g/mol. The second-order valence-electron chi connectivity index (χ2n) is 11.1. The van der Waals surface area contributed by atoms with Gasteiger partial charge in [0, 0.05) is 49.4 Å². The zero-order valence-electron chi connectivity index (χ0n) is 22.6. The number of anilines is 1. The van der Waals surface area contributed by atoms with Gasteiger partial charge in [0.2, 0.25) is 5.78 Å². The predicted molar refractivity (Wildman–Crippen MR) is 140 cm³/mol. The van der Waals surface area contributed by atoms with Crippen LogP contribution in [-0.4, -0.2) is 95.3 Å². The topological polar surface area (TPSA) is 177 Å². The van der Waals surface area contributed by atoms with E-state index in [1.165, 1.54) is 4.90 Å². The fourth-order valence-corrected chi connectivity index (χ4v) is 6.23. The number of phenols is 1. The summed E-state index contributed by atoms with van der Waals surface area (Å²) in [6.07, 6.45) is 0.195. The van der Waals surface area contributed by atoms with Crippen LogP contribution in [-0.2, 0) is 22.6 Å². The maximum atomic E-state index is 14.0. The van der Waals surface area contributed by atoms with Gasteiger partial charge in [0.05, 0.1) is 11.6 Å². The fourth-order valence-electron chi connectivity index (χ4n) is 6.23. The highest BCUT2D eigenvalue weighted by Gasteiger charge is 2.63. The molecule has 0 spiro atoms. The van der Waals surface area contributed by atoms with Gasteiger partial charge < -0.3 is 36.4 Å². The number of aromatic hydroxyl groups is 1. The van der Waals surface area contributed by atoms with Crippen molar-refractivity contribution in [3.8, 4) is 5.75 Å². The molecular formula is C27H35FN4O7. The molecule has 11 nitrogen and oxygen atoms in total. The lowest BCUT2D eigenvalue weighted by Gasteiger charge is -2.50. The molecule has 39 heavy (non-hydrogen) atoms. The summed E-state index contributed by atoms with van der Waals surface area (Å²) in [4.78, 5) is 42.8. The van der Waals surface area contributed by atoms with Crippen LogP contribution in [0.1, 0.15) is 34.8 Å². The first-order valence-corrected chi connectivity index (χ1v) is 12.7. The van der Waals surface area contributed by atoms with Crippen molar-refractivity contribution in [3.05, 3.63) is 45.4 Å². The van der Waals surface area contributed by atoms with Crippen LogP contribution in [0.3, 0.4) is 0 Å². The van der Waals surface area contributed by atoms with Crippen LogP contribution in [0, 0.1) is 11.8 Å². The van der Waals surface area contributed by atoms with Crippen LogP contribution in [0.25, 0.3) is 0 Å². The van der Waals surface area contributed by atoms with E-state index < -0.39 is 70.8 Å². The molecule has 12 heteroatoms. The number of aliphatic hydroxyl groups is 3. The number of hydrogen-bond acceptors (Lipinski definition) is 10. The van der Waals surface area contributed by atoms with Gasteiger partial charge in [-0.05, 0) is 51.4 Å². The number of benzene rings is 1. The number of carbonyl (C=O) groups is 3. The van der Waals surface area contributed by atoms with Gasteiger partial charge in [0.15, 0.2) is 11.4 Å². The standard InChI is InChI=1S/C27H35FN4O7/c1-11(9-28)30-10-13-8-16(31(2)3)14-6-12-7-15-20(32(4)5)23(35)19(26(29)38)25(37)27(15,39)24(36)17(12)22(34)18(14)21(13)33/h8,11-12,15,20,30,33,35-36,39H,6-7,9-10H2,1-5H3,(H2,29,38)/t11?,12-,15-,20-,27-/m0/s1. The van der Waals surface area contributed by atoms with Gasteiger partial charge in [-0.25, -0.2) is 4.39 Å². The number of rotatable bonds is 7. The smallest absolute Gasteiger partial charge is 0.255 e. The number of ketones is 2. The molecule has 0 aliphatic heterocycles. The van der Waals surface area contributed by atoms with Gasteiger partial charge in [-0.3, -0.25) is 19.3 Å². The number of fused-ring (bicyclic) bond motifs is 3. The van der Waals surface area contributed by atoms with Crippen LogP contribution in [0.15, 0.2) is 28.7 Å². The Morgan fingerprint density at radius 1 is 1.23 bits per heavy atom. The molecule has 0 heterocycles. The summed E-state index contributed by atoms with van der Waals surface area (Å²) in [6.45, 7) is 1.06.